The lowest BCUT2D eigenvalue weighted by Gasteiger charge is -2.33. The number of carbonyl (C=O) groups is 1. The van der Waals surface area contributed by atoms with E-state index in [9.17, 15) is 18.0 Å². The Morgan fingerprint density at radius 2 is 1.85 bits per heavy atom. The molecule has 27 heavy (non-hydrogen) atoms. The average molecular weight is 405 g/mol. The van der Waals surface area contributed by atoms with Crippen molar-refractivity contribution in [1.82, 2.24) is 10.6 Å². The number of alkyl halides is 3. The van der Waals surface area contributed by atoms with E-state index in [1.54, 1.807) is 6.07 Å². The van der Waals surface area contributed by atoms with Crippen LogP contribution in [0.2, 0.25) is 0 Å². The maximum absolute atomic E-state index is 13.1. The zero-order valence-corrected chi connectivity index (χ0v) is 16.8. The largest absolute Gasteiger partial charge is 0.416 e. The highest BCUT2D eigenvalue weighted by molar-refractivity contribution is 5.85. The predicted molar refractivity (Wildman–Crippen MR) is 102 cm³/mol. The Bertz CT molecular complexity index is 679. The highest BCUT2D eigenvalue weighted by atomic mass is 35.5. The van der Waals surface area contributed by atoms with Crippen molar-refractivity contribution in [2.75, 3.05) is 13.1 Å². The summed E-state index contributed by atoms with van der Waals surface area (Å²) in [6.07, 6.45) is -1.51. The van der Waals surface area contributed by atoms with Gasteiger partial charge in [-0.1, -0.05) is 32.9 Å². The number of carbonyl (C=O) groups excluding carboxylic acids is 1. The normalized spacial score (nSPS) is 22.7. The van der Waals surface area contributed by atoms with Crippen molar-refractivity contribution in [1.29, 1.82) is 0 Å². The van der Waals surface area contributed by atoms with Crippen LogP contribution in [-0.2, 0) is 11.0 Å². The quantitative estimate of drug-likeness (QED) is 0.765. The molecule has 3 nitrogen and oxygen atoms in total. The van der Waals surface area contributed by atoms with Crippen LogP contribution in [0.3, 0.4) is 0 Å². The summed E-state index contributed by atoms with van der Waals surface area (Å²) < 4.78 is 39.2. The van der Waals surface area contributed by atoms with Crippen molar-refractivity contribution in [2.24, 2.45) is 16.7 Å². The molecule has 2 aliphatic rings. The minimum absolute atomic E-state index is 0. The van der Waals surface area contributed by atoms with Crippen LogP contribution in [0.5, 0.6) is 0 Å². The number of amides is 1. The second kappa shape index (κ2) is 7.63. The Balaban J connectivity index is 0.00000261. The van der Waals surface area contributed by atoms with Crippen LogP contribution >= 0.6 is 12.4 Å². The first kappa shape index (κ1) is 22.0. The van der Waals surface area contributed by atoms with E-state index >= 15 is 0 Å². The molecular weight excluding hydrogens is 377 g/mol. The van der Waals surface area contributed by atoms with Gasteiger partial charge in [0.2, 0.25) is 5.91 Å². The van der Waals surface area contributed by atoms with E-state index in [-0.39, 0.29) is 29.6 Å². The van der Waals surface area contributed by atoms with Crippen LogP contribution in [-0.4, -0.2) is 19.0 Å². The fourth-order valence-corrected chi connectivity index (χ4v) is 4.13. The Kier molecular flexibility index (Phi) is 6.22. The first-order valence-electron chi connectivity index (χ1n) is 9.21. The fourth-order valence-electron chi connectivity index (χ4n) is 4.13. The number of piperidine rings is 1. The predicted octanol–water partition coefficient (Wildman–Crippen LogP) is 4.72. The Labute approximate surface area is 164 Å². The van der Waals surface area contributed by atoms with E-state index in [4.69, 9.17) is 0 Å². The van der Waals surface area contributed by atoms with Gasteiger partial charge in [0.05, 0.1) is 11.6 Å². The van der Waals surface area contributed by atoms with Gasteiger partial charge in [-0.25, -0.2) is 0 Å². The van der Waals surface area contributed by atoms with Crippen LogP contribution in [0.4, 0.5) is 13.2 Å². The zero-order chi connectivity index (χ0) is 19.2. The molecular formula is C20H28ClF3N2O. The molecule has 2 N–H and O–H groups in total. The van der Waals surface area contributed by atoms with Gasteiger partial charge in [-0.05, 0) is 60.9 Å². The molecule has 152 valence electrons. The van der Waals surface area contributed by atoms with Gasteiger partial charge in [-0.2, -0.15) is 13.2 Å². The number of nitrogens with one attached hydrogen (secondary N) is 2. The third kappa shape index (κ3) is 4.77. The Hall–Kier alpha value is -1.27. The van der Waals surface area contributed by atoms with Crippen molar-refractivity contribution < 1.29 is 18.0 Å². The van der Waals surface area contributed by atoms with Crippen molar-refractivity contribution in [3.05, 3.63) is 35.4 Å². The first-order chi connectivity index (χ1) is 12.0. The molecule has 1 aliphatic heterocycles. The van der Waals surface area contributed by atoms with Gasteiger partial charge in [0.1, 0.15) is 0 Å². The van der Waals surface area contributed by atoms with Gasteiger partial charge in [-0.15, -0.1) is 12.4 Å². The van der Waals surface area contributed by atoms with E-state index in [1.165, 1.54) is 6.07 Å². The van der Waals surface area contributed by atoms with Crippen molar-refractivity contribution in [3.8, 4) is 0 Å². The van der Waals surface area contributed by atoms with Gasteiger partial charge < -0.3 is 10.6 Å². The second-order valence-electron chi connectivity index (χ2n) is 8.80. The molecule has 2 fully saturated rings. The monoisotopic (exact) mass is 404 g/mol. The maximum Gasteiger partial charge on any atom is 0.416 e. The lowest BCUT2D eigenvalue weighted by atomic mass is 9.81. The molecule has 1 saturated heterocycles. The third-order valence-electron chi connectivity index (χ3n) is 5.81. The van der Waals surface area contributed by atoms with E-state index in [2.05, 4.69) is 10.6 Å². The zero-order valence-electron chi connectivity index (χ0n) is 16.0. The standard InChI is InChI=1S/C20H27F3N2O.ClH/c1-18(2,3)16(13-5-4-6-14(11-13)20(21,22)23)25-17(26)15-12-19(15)7-9-24-10-8-19;/h4-6,11,15-16,24H,7-10,12H2,1-3H3,(H,25,26);1H. The van der Waals surface area contributed by atoms with Crippen molar-refractivity contribution in [2.45, 2.75) is 52.3 Å². The second-order valence-corrected chi connectivity index (χ2v) is 8.80. The summed E-state index contributed by atoms with van der Waals surface area (Å²) in [6.45, 7) is 7.67. The summed E-state index contributed by atoms with van der Waals surface area (Å²) in [5, 5.41) is 6.37. The number of rotatable bonds is 3. The van der Waals surface area contributed by atoms with Crippen molar-refractivity contribution >= 4 is 18.3 Å². The van der Waals surface area contributed by atoms with E-state index in [1.807, 2.05) is 20.8 Å². The summed E-state index contributed by atoms with van der Waals surface area (Å²) in [6, 6.07) is 4.84. The minimum atomic E-state index is -4.39. The lowest BCUT2D eigenvalue weighted by molar-refractivity contribution is -0.137. The SMILES string of the molecule is CC(C)(C)C(NC(=O)C1CC12CCNCC2)c1cccc(C(F)(F)F)c1.Cl. The maximum atomic E-state index is 13.1. The van der Waals surface area contributed by atoms with Crippen LogP contribution in [0.25, 0.3) is 0 Å². The van der Waals surface area contributed by atoms with Gasteiger partial charge in [0.15, 0.2) is 0 Å². The number of hydrogen-bond acceptors (Lipinski definition) is 2. The molecule has 2 atom stereocenters. The Morgan fingerprint density at radius 1 is 1.22 bits per heavy atom. The molecule has 1 heterocycles. The minimum Gasteiger partial charge on any atom is -0.349 e. The van der Waals surface area contributed by atoms with Crippen LogP contribution < -0.4 is 10.6 Å². The fraction of sp³-hybridized carbons (Fsp3) is 0.650. The molecule has 2 unspecified atom stereocenters. The smallest absolute Gasteiger partial charge is 0.349 e. The lowest BCUT2D eigenvalue weighted by Crippen LogP contribution is -2.39. The summed E-state index contributed by atoms with van der Waals surface area (Å²) in [4.78, 5) is 12.8. The molecule has 1 aliphatic carbocycles. The third-order valence-corrected chi connectivity index (χ3v) is 5.81. The summed E-state index contributed by atoms with van der Waals surface area (Å²) in [7, 11) is 0. The van der Waals surface area contributed by atoms with Gasteiger partial charge in [0, 0.05) is 5.92 Å². The number of hydrogen-bond donors (Lipinski definition) is 2. The Morgan fingerprint density at radius 3 is 2.41 bits per heavy atom. The summed E-state index contributed by atoms with van der Waals surface area (Å²) >= 11 is 0. The molecule has 1 saturated carbocycles. The molecule has 1 aromatic carbocycles. The van der Waals surface area contributed by atoms with Crippen LogP contribution in [0.1, 0.15) is 57.2 Å². The topological polar surface area (TPSA) is 41.1 Å². The highest BCUT2D eigenvalue weighted by Crippen LogP contribution is 2.58. The first-order valence-corrected chi connectivity index (χ1v) is 9.21. The molecule has 1 amide bonds. The molecule has 0 bridgehead atoms. The van der Waals surface area contributed by atoms with Gasteiger partial charge in [0.25, 0.3) is 0 Å². The van der Waals surface area contributed by atoms with Crippen LogP contribution in [0, 0.1) is 16.7 Å². The molecule has 1 aromatic rings. The molecule has 7 heteroatoms. The molecule has 0 radical (unpaired) electrons. The summed E-state index contributed by atoms with van der Waals surface area (Å²) in [5.41, 5.74) is -0.470. The summed E-state index contributed by atoms with van der Waals surface area (Å²) in [5.74, 6) is -0.0375. The van der Waals surface area contributed by atoms with E-state index in [0.29, 0.717) is 5.56 Å². The van der Waals surface area contributed by atoms with Gasteiger partial charge in [-0.3, -0.25) is 4.79 Å². The molecule has 0 aromatic heterocycles. The number of benzene rings is 1. The molecule has 1 spiro atoms. The van der Waals surface area contributed by atoms with Crippen LogP contribution in [0.15, 0.2) is 24.3 Å². The van der Waals surface area contributed by atoms with E-state index in [0.717, 1.165) is 44.5 Å². The molecule has 3 rings (SSSR count). The van der Waals surface area contributed by atoms with Gasteiger partial charge >= 0.3 is 6.18 Å². The van der Waals surface area contributed by atoms with Crippen molar-refractivity contribution in [3.63, 3.8) is 0 Å². The van der Waals surface area contributed by atoms with E-state index < -0.39 is 23.2 Å². The number of halogens is 4. The highest BCUT2D eigenvalue weighted by Gasteiger charge is 2.58. The average Bonchev–Trinajstić information content (AvgIpc) is 3.24.